The Bertz CT molecular complexity index is 366. The van der Waals surface area contributed by atoms with Gasteiger partial charge < -0.3 is 5.32 Å². The summed E-state index contributed by atoms with van der Waals surface area (Å²) < 4.78 is 0. The molecule has 0 spiro atoms. The molecule has 1 aromatic heterocycles. The molecule has 1 rings (SSSR count). The van der Waals surface area contributed by atoms with E-state index >= 15 is 0 Å². The zero-order valence-corrected chi connectivity index (χ0v) is 10.2. The van der Waals surface area contributed by atoms with Crippen molar-refractivity contribution in [3.8, 4) is 6.07 Å². The van der Waals surface area contributed by atoms with Crippen molar-refractivity contribution in [3.05, 3.63) is 29.6 Å². The third-order valence-electron chi connectivity index (χ3n) is 2.80. The third-order valence-corrected chi connectivity index (χ3v) is 2.80. The number of nitrogens with one attached hydrogen (secondary N) is 1. The minimum Gasteiger partial charge on any atom is -0.310 e. The van der Waals surface area contributed by atoms with Crippen LogP contribution in [0, 0.1) is 17.2 Å². The van der Waals surface area contributed by atoms with Gasteiger partial charge >= 0.3 is 0 Å². The van der Waals surface area contributed by atoms with E-state index in [1.165, 1.54) is 0 Å². The van der Waals surface area contributed by atoms with Crippen molar-refractivity contribution < 1.29 is 0 Å². The highest BCUT2D eigenvalue weighted by Gasteiger charge is 2.11. The van der Waals surface area contributed by atoms with Crippen LogP contribution >= 0.6 is 0 Å². The summed E-state index contributed by atoms with van der Waals surface area (Å²) in [5.74, 6) is 0.604. The fourth-order valence-electron chi connectivity index (χ4n) is 1.77. The summed E-state index contributed by atoms with van der Waals surface area (Å²) in [7, 11) is 0. The number of aromatic nitrogens is 1. The molecule has 1 N–H and O–H groups in total. The fraction of sp³-hybridized carbons (Fsp3) is 0.538. The van der Waals surface area contributed by atoms with Crippen LogP contribution in [0.2, 0.25) is 0 Å². The lowest BCUT2D eigenvalue weighted by atomic mass is 10.0. The van der Waals surface area contributed by atoms with Gasteiger partial charge in [-0.15, -0.1) is 0 Å². The summed E-state index contributed by atoms with van der Waals surface area (Å²) in [6, 6.07) is 6.43. The molecular weight excluding hydrogens is 198 g/mol. The fourth-order valence-corrected chi connectivity index (χ4v) is 1.77. The van der Waals surface area contributed by atoms with Gasteiger partial charge in [-0.1, -0.05) is 26.8 Å². The second kappa shape index (κ2) is 6.24. The van der Waals surface area contributed by atoms with Crippen LogP contribution in [0.15, 0.2) is 18.3 Å². The van der Waals surface area contributed by atoms with E-state index in [-0.39, 0.29) is 0 Å². The minimum absolute atomic E-state index is 0.492. The van der Waals surface area contributed by atoms with Crippen LogP contribution in [0.4, 0.5) is 0 Å². The molecule has 0 aliphatic rings. The summed E-state index contributed by atoms with van der Waals surface area (Å²) >= 11 is 0. The highest BCUT2D eigenvalue weighted by Crippen LogP contribution is 2.08. The Labute approximate surface area is 97.5 Å². The van der Waals surface area contributed by atoms with Crippen molar-refractivity contribution in [1.29, 1.82) is 5.26 Å². The lowest BCUT2D eigenvalue weighted by molar-refractivity contribution is 0.387. The number of nitriles is 1. The van der Waals surface area contributed by atoms with Gasteiger partial charge in [-0.2, -0.15) is 5.26 Å². The number of hydrogen-bond acceptors (Lipinski definition) is 3. The maximum absolute atomic E-state index is 8.91. The number of rotatable bonds is 5. The Morgan fingerprint density at radius 1 is 1.50 bits per heavy atom. The van der Waals surface area contributed by atoms with E-state index in [0.29, 0.717) is 24.2 Å². The molecule has 0 aromatic carbocycles. The maximum atomic E-state index is 8.91. The normalized spacial score (nSPS) is 12.4. The van der Waals surface area contributed by atoms with E-state index in [2.05, 4.69) is 37.1 Å². The van der Waals surface area contributed by atoms with E-state index < -0.39 is 0 Å². The zero-order valence-electron chi connectivity index (χ0n) is 10.2. The quantitative estimate of drug-likeness (QED) is 0.824. The van der Waals surface area contributed by atoms with Gasteiger partial charge in [0.15, 0.2) is 0 Å². The van der Waals surface area contributed by atoms with Gasteiger partial charge in [0.2, 0.25) is 0 Å². The Balaban J connectivity index is 2.64. The summed E-state index contributed by atoms with van der Waals surface area (Å²) in [5.41, 5.74) is 1.50. The van der Waals surface area contributed by atoms with Crippen molar-refractivity contribution in [3.63, 3.8) is 0 Å². The van der Waals surface area contributed by atoms with E-state index in [0.717, 1.165) is 12.0 Å². The molecule has 16 heavy (non-hydrogen) atoms. The molecule has 1 unspecified atom stereocenters. The summed E-state index contributed by atoms with van der Waals surface area (Å²) in [6.07, 6.45) is 2.75. The molecule has 0 saturated heterocycles. The maximum Gasteiger partial charge on any atom is 0.144 e. The van der Waals surface area contributed by atoms with E-state index in [9.17, 15) is 0 Å². The second-order valence-electron chi connectivity index (χ2n) is 4.26. The van der Waals surface area contributed by atoms with Crippen molar-refractivity contribution in [2.45, 2.75) is 39.8 Å². The molecule has 0 aliphatic heterocycles. The number of nitrogens with zero attached hydrogens (tertiary/aromatic N) is 2. The van der Waals surface area contributed by atoms with Crippen LogP contribution in [0.3, 0.4) is 0 Å². The van der Waals surface area contributed by atoms with Crippen molar-refractivity contribution >= 4 is 0 Å². The molecule has 0 radical (unpaired) electrons. The predicted octanol–water partition coefficient (Wildman–Crippen LogP) is 2.48. The van der Waals surface area contributed by atoms with Gasteiger partial charge in [-0.05, 0) is 18.4 Å². The summed E-state index contributed by atoms with van der Waals surface area (Å²) in [6.45, 7) is 7.30. The van der Waals surface area contributed by atoms with Crippen molar-refractivity contribution in [1.82, 2.24) is 10.3 Å². The molecule has 0 saturated carbocycles. The zero-order chi connectivity index (χ0) is 12.0. The van der Waals surface area contributed by atoms with Gasteiger partial charge in [-0.25, -0.2) is 4.98 Å². The first-order chi connectivity index (χ1) is 7.69. The Morgan fingerprint density at radius 3 is 2.81 bits per heavy atom. The van der Waals surface area contributed by atoms with Gasteiger partial charge in [0.1, 0.15) is 11.8 Å². The van der Waals surface area contributed by atoms with E-state index in [4.69, 9.17) is 5.26 Å². The summed E-state index contributed by atoms with van der Waals surface area (Å²) in [4.78, 5) is 4.04. The summed E-state index contributed by atoms with van der Waals surface area (Å²) in [5, 5.41) is 12.4. The largest absolute Gasteiger partial charge is 0.310 e. The first-order valence-corrected chi connectivity index (χ1v) is 5.76. The van der Waals surface area contributed by atoms with Gasteiger partial charge in [0.25, 0.3) is 0 Å². The molecule has 1 heterocycles. The van der Waals surface area contributed by atoms with Crippen LogP contribution in [-0.4, -0.2) is 11.0 Å². The lowest BCUT2D eigenvalue weighted by Gasteiger charge is -2.20. The standard InChI is InChI=1S/C13H19N3/c1-4-12(10(2)3)16-9-11-6-5-7-15-13(11)8-14/h5-7,10,12,16H,4,9H2,1-3H3. The molecule has 3 heteroatoms. The highest BCUT2D eigenvalue weighted by atomic mass is 14.9. The molecule has 0 bridgehead atoms. The van der Waals surface area contributed by atoms with Gasteiger partial charge in [0, 0.05) is 24.3 Å². The average molecular weight is 217 g/mol. The second-order valence-corrected chi connectivity index (χ2v) is 4.26. The minimum atomic E-state index is 0.492. The molecule has 1 atom stereocenters. The smallest absolute Gasteiger partial charge is 0.144 e. The highest BCUT2D eigenvalue weighted by molar-refractivity contribution is 5.30. The first-order valence-electron chi connectivity index (χ1n) is 5.76. The predicted molar refractivity (Wildman–Crippen MR) is 64.7 cm³/mol. The topological polar surface area (TPSA) is 48.7 Å². The average Bonchev–Trinajstić information content (AvgIpc) is 2.30. The lowest BCUT2D eigenvalue weighted by Crippen LogP contribution is -2.32. The number of hydrogen-bond donors (Lipinski definition) is 1. The van der Waals surface area contributed by atoms with Crippen LogP contribution < -0.4 is 5.32 Å². The molecule has 0 aliphatic carbocycles. The molecule has 3 nitrogen and oxygen atoms in total. The van der Waals surface area contributed by atoms with E-state index in [1.54, 1.807) is 6.20 Å². The van der Waals surface area contributed by atoms with Gasteiger partial charge in [0.05, 0.1) is 0 Å². The Hall–Kier alpha value is -1.40. The monoisotopic (exact) mass is 217 g/mol. The third kappa shape index (κ3) is 3.32. The van der Waals surface area contributed by atoms with Crippen LogP contribution in [0.25, 0.3) is 0 Å². The van der Waals surface area contributed by atoms with E-state index in [1.807, 2.05) is 12.1 Å². The van der Waals surface area contributed by atoms with Crippen LogP contribution in [-0.2, 0) is 6.54 Å². The molecule has 86 valence electrons. The molecule has 0 fully saturated rings. The SMILES string of the molecule is CCC(NCc1cccnc1C#N)C(C)C. The van der Waals surface area contributed by atoms with Gasteiger partial charge in [-0.3, -0.25) is 0 Å². The van der Waals surface area contributed by atoms with Crippen LogP contribution in [0.5, 0.6) is 0 Å². The van der Waals surface area contributed by atoms with Crippen molar-refractivity contribution in [2.24, 2.45) is 5.92 Å². The first kappa shape index (κ1) is 12.7. The molecule has 1 aromatic rings. The Kier molecular flexibility index (Phi) is 4.94. The molecular formula is C13H19N3. The molecule has 0 amide bonds. The Morgan fingerprint density at radius 2 is 2.25 bits per heavy atom. The van der Waals surface area contributed by atoms with Crippen LogP contribution in [0.1, 0.15) is 38.4 Å². The number of pyridine rings is 1. The van der Waals surface area contributed by atoms with Crippen molar-refractivity contribution in [2.75, 3.05) is 0 Å².